The highest BCUT2D eigenvalue weighted by molar-refractivity contribution is 5.76. The lowest BCUT2D eigenvalue weighted by Crippen LogP contribution is -2.45. The third-order valence-electron chi connectivity index (χ3n) is 11.9. The van der Waals surface area contributed by atoms with E-state index in [1.165, 1.54) is 238 Å². The van der Waals surface area contributed by atoms with Gasteiger partial charge in [-0.3, -0.25) is 4.79 Å². The Bertz CT molecular complexity index is 685. The maximum absolute atomic E-state index is 12.3. The van der Waals surface area contributed by atoms with Crippen molar-refractivity contribution in [3.8, 4) is 0 Å². The van der Waals surface area contributed by atoms with Gasteiger partial charge in [0.15, 0.2) is 0 Å². The molecular formula is C49H99NO3. The molecule has 4 nitrogen and oxygen atoms in total. The summed E-state index contributed by atoms with van der Waals surface area (Å²) in [5, 5.41) is 22.9. The highest BCUT2D eigenvalue weighted by Crippen LogP contribution is 2.18. The Morgan fingerprint density at radius 2 is 0.604 bits per heavy atom. The van der Waals surface area contributed by atoms with E-state index in [9.17, 15) is 15.0 Å². The molecule has 0 aliphatic carbocycles. The van der Waals surface area contributed by atoms with Crippen molar-refractivity contribution in [2.24, 2.45) is 0 Å². The molecule has 0 aromatic carbocycles. The molecule has 0 aliphatic heterocycles. The van der Waals surface area contributed by atoms with Gasteiger partial charge < -0.3 is 15.5 Å². The minimum Gasteiger partial charge on any atom is -0.394 e. The molecule has 0 saturated carbocycles. The summed E-state index contributed by atoms with van der Waals surface area (Å²) in [5.41, 5.74) is 0. The molecule has 4 heteroatoms. The van der Waals surface area contributed by atoms with Gasteiger partial charge in [0, 0.05) is 6.42 Å². The molecule has 2 unspecified atom stereocenters. The summed E-state index contributed by atoms with van der Waals surface area (Å²) >= 11 is 0. The summed E-state index contributed by atoms with van der Waals surface area (Å²) in [6, 6.07) is -0.527. The Kier molecular flexibility index (Phi) is 45.3. The summed E-state index contributed by atoms with van der Waals surface area (Å²) in [4.78, 5) is 12.3. The molecule has 0 rings (SSSR count). The third-order valence-corrected chi connectivity index (χ3v) is 11.9. The molecule has 1 amide bonds. The summed E-state index contributed by atoms with van der Waals surface area (Å²) in [6.45, 7) is 4.33. The van der Waals surface area contributed by atoms with Crippen LogP contribution in [0.1, 0.15) is 290 Å². The molecule has 0 fully saturated rings. The first-order valence-corrected chi connectivity index (χ1v) is 24.7. The maximum Gasteiger partial charge on any atom is 0.220 e. The van der Waals surface area contributed by atoms with E-state index in [1.807, 2.05) is 0 Å². The number of amides is 1. The molecule has 0 aromatic heterocycles. The first-order chi connectivity index (χ1) is 26.2. The molecule has 0 heterocycles. The fourth-order valence-corrected chi connectivity index (χ4v) is 8.07. The molecule has 0 saturated heterocycles. The Balaban J connectivity index is 3.26. The largest absolute Gasteiger partial charge is 0.394 e. The normalized spacial score (nSPS) is 12.8. The van der Waals surface area contributed by atoms with Gasteiger partial charge in [0.05, 0.1) is 18.8 Å². The summed E-state index contributed by atoms with van der Waals surface area (Å²) < 4.78 is 0. The van der Waals surface area contributed by atoms with E-state index in [2.05, 4.69) is 19.2 Å². The first-order valence-electron chi connectivity index (χ1n) is 24.7. The highest BCUT2D eigenvalue weighted by atomic mass is 16.3. The highest BCUT2D eigenvalue weighted by Gasteiger charge is 2.20. The van der Waals surface area contributed by atoms with Gasteiger partial charge in [0.2, 0.25) is 5.91 Å². The van der Waals surface area contributed by atoms with Crippen molar-refractivity contribution in [3.05, 3.63) is 0 Å². The monoisotopic (exact) mass is 750 g/mol. The number of aliphatic hydroxyl groups excluding tert-OH is 2. The SMILES string of the molecule is CCCCCCCCCCCCCCCCCCCCCCCCCCCCCCCCCCCCCC(=O)NC(CO)C(O)CCCCCCCC. The van der Waals surface area contributed by atoms with Gasteiger partial charge in [0.25, 0.3) is 0 Å². The maximum atomic E-state index is 12.3. The number of hydrogen-bond acceptors (Lipinski definition) is 3. The van der Waals surface area contributed by atoms with Gasteiger partial charge in [0.1, 0.15) is 0 Å². The smallest absolute Gasteiger partial charge is 0.220 e. The molecule has 53 heavy (non-hydrogen) atoms. The molecule has 0 bridgehead atoms. The quantitative estimate of drug-likeness (QED) is 0.0543. The predicted molar refractivity (Wildman–Crippen MR) is 235 cm³/mol. The molecule has 3 N–H and O–H groups in total. The van der Waals surface area contributed by atoms with E-state index in [0.717, 1.165) is 25.7 Å². The number of unbranched alkanes of at least 4 members (excludes halogenated alkanes) is 39. The van der Waals surface area contributed by atoms with Crippen LogP contribution in [0.5, 0.6) is 0 Å². The van der Waals surface area contributed by atoms with E-state index < -0.39 is 12.1 Å². The van der Waals surface area contributed by atoms with Crippen LogP contribution in [0.15, 0.2) is 0 Å². The van der Waals surface area contributed by atoms with Gasteiger partial charge >= 0.3 is 0 Å². The minimum atomic E-state index is -0.650. The average Bonchev–Trinajstić information content (AvgIpc) is 3.16. The summed E-state index contributed by atoms with van der Waals surface area (Å²) in [7, 11) is 0. The zero-order chi connectivity index (χ0) is 38.6. The van der Waals surface area contributed by atoms with Crippen LogP contribution in [0.4, 0.5) is 0 Å². The van der Waals surface area contributed by atoms with E-state index in [4.69, 9.17) is 0 Å². The molecule has 318 valence electrons. The second kappa shape index (κ2) is 45.8. The van der Waals surface area contributed by atoms with Gasteiger partial charge in [-0.25, -0.2) is 0 Å². The van der Waals surface area contributed by atoms with Crippen LogP contribution >= 0.6 is 0 Å². The van der Waals surface area contributed by atoms with Crippen LogP contribution in [0.3, 0.4) is 0 Å². The Labute approximate surface area is 334 Å². The molecule has 2 atom stereocenters. The standard InChI is InChI=1S/C49H99NO3/c1-3-5-7-9-11-12-13-14-15-16-17-18-19-20-21-22-23-24-25-26-27-28-29-30-31-32-33-34-35-36-37-38-39-41-43-45-49(53)50-47(46-51)48(52)44-42-40-10-8-6-4-2/h47-48,51-52H,3-46H2,1-2H3,(H,50,53). The number of hydrogen-bond donors (Lipinski definition) is 3. The number of aliphatic hydroxyl groups is 2. The topological polar surface area (TPSA) is 69.6 Å². The van der Waals surface area contributed by atoms with Gasteiger partial charge in [-0.2, -0.15) is 0 Å². The first kappa shape index (κ1) is 52.4. The van der Waals surface area contributed by atoms with Crippen molar-refractivity contribution >= 4 is 5.91 Å². The molecule has 0 aliphatic rings. The Morgan fingerprint density at radius 3 is 0.849 bits per heavy atom. The van der Waals surface area contributed by atoms with Crippen LogP contribution in [-0.4, -0.2) is 34.9 Å². The predicted octanol–water partition coefficient (Wildman–Crippen LogP) is 15.6. The van der Waals surface area contributed by atoms with Crippen molar-refractivity contribution in [1.29, 1.82) is 0 Å². The Morgan fingerprint density at radius 1 is 0.377 bits per heavy atom. The molecule has 0 aromatic rings. The fraction of sp³-hybridized carbons (Fsp3) is 0.980. The van der Waals surface area contributed by atoms with E-state index in [0.29, 0.717) is 12.8 Å². The fourth-order valence-electron chi connectivity index (χ4n) is 8.07. The zero-order valence-electron chi connectivity index (χ0n) is 36.6. The van der Waals surface area contributed by atoms with Crippen LogP contribution < -0.4 is 5.32 Å². The van der Waals surface area contributed by atoms with Gasteiger partial charge in [-0.05, 0) is 12.8 Å². The summed E-state index contributed by atoms with van der Waals surface area (Å²) in [5.74, 6) is -0.0305. The number of rotatable bonds is 46. The van der Waals surface area contributed by atoms with Crippen LogP contribution in [0, 0.1) is 0 Å². The minimum absolute atomic E-state index is 0.0305. The van der Waals surface area contributed by atoms with E-state index >= 15 is 0 Å². The van der Waals surface area contributed by atoms with Crippen molar-refractivity contribution in [1.82, 2.24) is 5.32 Å². The van der Waals surface area contributed by atoms with Crippen LogP contribution in [0.25, 0.3) is 0 Å². The van der Waals surface area contributed by atoms with Gasteiger partial charge in [-0.15, -0.1) is 0 Å². The van der Waals surface area contributed by atoms with E-state index in [-0.39, 0.29) is 12.5 Å². The number of nitrogens with one attached hydrogen (secondary N) is 1. The van der Waals surface area contributed by atoms with Gasteiger partial charge in [-0.1, -0.05) is 271 Å². The molecular weight excluding hydrogens is 651 g/mol. The zero-order valence-corrected chi connectivity index (χ0v) is 36.6. The second-order valence-corrected chi connectivity index (χ2v) is 17.3. The van der Waals surface area contributed by atoms with Crippen molar-refractivity contribution in [3.63, 3.8) is 0 Å². The van der Waals surface area contributed by atoms with Crippen molar-refractivity contribution < 1.29 is 15.0 Å². The third kappa shape index (κ3) is 42.4. The lowest BCUT2D eigenvalue weighted by atomic mass is 10.0. The second-order valence-electron chi connectivity index (χ2n) is 17.3. The average molecular weight is 750 g/mol. The lowest BCUT2D eigenvalue weighted by molar-refractivity contribution is -0.123. The molecule has 0 radical (unpaired) electrons. The van der Waals surface area contributed by atoms with Crippen molar-refractivity contribution in [2.75, 3.05) is 6.61 Å². The lowest BCUT2D eigenvalue weighted by Gasteiger charge is -2.22. The number of carbonyl (C=O) groups is 1. The van der Waals surface area contributed by atoms with E-state index in [1.54, 1.807) is 0 Å². The van der Waals surface area contributed by atoms with Crippen LogP contribution in [-0.2, 0) is 4.79 Å². The number of carbonyl (C=O) groups excluding carboxylic acids is 1. The van der Waals surface area contributed by atoms with Crippen LogP contribution in [0.2, 0.25) is 0 Å². The Hall–Kier alpha value is -0.610. The summed E-state index contributed by atoms with van der Waals surface area (Å²) in [6.07, 6.45) is 56.9. The molecule has 0 spiro atoms. The van der Waals surface area contributed by atoms with Crippen molar-refractivity contribution in [2.45, 2.75) is 302 Å².